The number of piperidine rings is 1. The first-order chi connectivity index (χ1) is 10.2. The highest BCUT2D eigenvalue weighted by Gasteiger charge is 2.14. The molecule has 1 aromatic heterocycles. The van der Waals surface area contributed by atoms with E-state index in [0.29, 0.717) is 23.4 Å². The van der Waals surface area contributed by atoms with Crippen LogP contribution in [-0.2, 0) is 0 Å². The highest BCUT2D eigenvalue weighted by Crippen LogP contribution is 2.30. The lowest BCUT2D eigenvalue weighted by Crippen LogP contribution is -2.35. The van der Waals surface area contributed by atoms with Gasteiger partial charge in [-0.15, -0.1) is 12.4 Å². The SMILES string of the molecule is Cl.O=[N+]([O-])c1ccc2sc(OCCC3CCCCN3)nc2c1. The zero-order valence-electron chi connectivity index (χ0n) is 12.0. The molecule has 0 radical (unpaired) electrons. The van der Waals surface area contributed by atoms with Crippen LogP contribution in [0.3, 0.4) is 0 Å². The number of nitro benzene ring substituents is 1. The predicted octanol–water partition coefficient (Wildman–Crippen LogP) is 3.54. The summed E-state index contributed by atoms with van der Waals surface area (Å²) in [6.07, 6.45) is 4.71. The number of fused-ring (bicyclic) bond motifs is 1. The van der Waals surface area contributed by atoms with Crippen molar-refractivity contribution >= 4 is 39.6 Å². The van der Waals surface area contributed by atoms with Gasteiger partial charge in [0.05, 0.1) is 21.7 Å². The molecule has 0 spiro atoms. The number of rotatable bonds is 5. The van der Waals surface area contributed by atoms with Gasteiger partial charge < -0.3 is 10.1 Å². The summed E-state index contributed by atoms with van der Waals surface area (Å²) in [5.74, 6) is 0. The normalized spacial score (nSPS) is 17.9. The maximum atomic E-state index is 10.7. The van der Waals surface area contributed by atoms with Crippen LogP contribution in [0.5, 0.6) is 5.19 Å². The van der Waals surface area contributed by atoms with Crippen LogP contribution in [-0.4, -0.2) is 29.1 Å². The lowest BCUT2D eigenvalue weighted by molar-refractivity contribution is -0.384. The molecule has 1 N–H and O–H groups in total. The van der Waals surface area contributed by atoms with Gasteiger partial charge in [0.25, 0.3) is 10.9 Å². The van der Waals surface area contributed by atoms with Crippen molar-refractivity contribution in [2.75, 3.05) is 13.2 Å². The van der Waals surface area contributed by atoms with E-state index in [-0.39, 0.29) is 18.1 Å². The van der Waals surface area contributed by atoms with E-state index in [9.17, 15) is 10.1 Å². The van der Waals surface area contributed by atoms with Crippen LogP contribution in [0.25, 0.3) is 10.2 Å². The third-order valence-corrected chi connectivity index (χ3v) is 4.62. The Morgan fingerprint density at radius 2 is 2.32 bits per heavy atom. The van der Waals surface area contributed by atoms with E-state index in [1.54, 1.807) is 6.07 Å². The fourth-order valence-electron chi connectivity index (χ4n) is 2.53. The number of aromatic nitrogens is 1. The van der Waals surface area contributed by atoms with Gasteiger partial charge in [0.2, 0.25) is 0 Å². The predicted molar refractivity (Wildman–Crippen MR) is 89.3 cm³/mol. The lowest BCUT2D eigenvalue weighted by atomic mass is 10.0. The van der Waals surface area contributed by atoms with Crippen molar-refractivity contribution in [3.05, 3.63) is 28.3 Å². The Hall–Kier alpha value is -1.44. The number of nitrogens with zero attached hydrogens (tertiary/aromatic N) is 2. The molecule has 1 aliphatic rings. The molecular formula is C14H18ClN3O3S. The zero-order chi connectivity index (χ0) is 14.7. The summed E-state index contributed by atoms with van der Waals surface area (Å²) in [6.45, 7) is 1.72. The first kappa shape index (κ1) is 16.9. The highest BCUT2D eigenvalue weighted by atomic mass is 35.5. The van der Waals surface area contributed by atoms with Gasteiger partial charge in [-0.25, -0.2) is 4.98 Å². The van der Waals surface area contributed by atoms with Crippen LogP contribution in [0.15, 0.2) is 18.2 Å². The minimum Gasteiger partial charge on any atom is -0.470 e. The fraction of sp³-hybridized carbons (Fsp3) is 0.500. The second kappa shape index (κ2) is 7.71. The Morgan fingerprint density at radius 1 is 1.45 bits per heavy atom. The molecule has 1 aromatic carbocycles. The largest absolute Gasteiger partial charge is 0.470 e. The number of benzene rings is 1. The number of nitro groups is 1. The van der Waals surface area contributed by atoms with E-state index in [1.807, 2.05) is 0 Å². The molecular weight excluding hydrogens is 326 g/mol. The number of hydrogen-bond donors (Lipinski definition) is 1. The molecule has 1 fully saturated rings. The molecule has 0 aliphatic carbocycles. The average molecular weight is 344 g/mol. The summed E-state index contributed by atoms with van der Waals surface area (Å²) in [6, 6.07) is 5.24. The molecule has 2 heterocycles. The summed E-state index contributed by atoms with van der Waals surface area (Å²) in [4.78, 5) is 14.6. The van der Waals surface area contributed by atoms with Crippen LogP contribution in [0.1, 0.15) is 25.7 Å². The summed E-state index contributed by atoms with van der Waals surface area (Å²) in [5.41, 5.74) is 0.686. The molecule has 1 saturated heterocycles. The average Bonchev–Trinajstić information content (AvgIpc) is 2.90. The molecule has 8 heteroatoms. The lowest BCUT2D eigenvalue weighted by Gasteiger charge is -2.22. The van der Waals surface area contributed by atoms with Gasteiger partial charge in [-0.1, -0.05) is 17.8 Å². The maximum Gasteiger partial charge on any atom is 0.274 e. The van der Waals surface area contributed by atoms with Gasteiger partial charge in [0, 0.05) is 18.2 Å². The van der Waals surface area contributed by atoms with Crippen molar-refractivity contribution in [1.82, 2.24) is 10.3 Å². The second-order valence-electron chi connectivity index (χ2n) is 5.17. The van der Waals surface area contributed by atoms with Crippen LogP contribution in [0.2, 0.25) is 0 Å². The molecule has 1 aliphatic heterocycles. The van der Waals surface area contributed by atoms with Crippen molar-refractivity contribution < 1.29 is 9.66 Å². The molecule has 0 amide bonds. The van der Waals surface area contributed by atoms with Gasteiger partial charge in [-0.05, 0) is 31.9 Å². The molecule has 120 valence electrons. The van der Waals surface area contributed by atoms with Crippen LogP contribution in [0, 0.1) is 10.1 Å². The number of nitrogens with one attached hydrogen (secondary N) is 1. The Kier molecular flexibility index (Phi) is 5.93. The van der Waals surface area contributed by atoms with Gasteiger partial charge >= 0.3 is 0 Å². The fourth-order valence-corrected chi connectivity index (χ4v) is 3.35. The van der Waals surface area contributed by atoms with E-state index >= 15 is 0 Å². The van der Waals surface area contributed by atoms with Crippen molar-refractivity contribution in [3.63, 3.8) is 0 Å². The molecule has 3 rings (SSSR count). The monoisotopic (exact) mass is 343 g/mol. The summed E-state index contributed by atoms with van der Waals surface area (Å²) >= 11 is 1.43. The number of non-ortho nitro benzene ring substituents is 1. The molecule has 1 atom stereocenters. The highest BCUT2D eigenvalue weighted by molar-refractivity contribution is 7.20. The standard InChI is InChI=1S/C14H17N3O3S.ClH/c18-17(19)11-4-5-13-12(9-11)16-14(21-13)20-8-6-10-3-1-2-7-15-10;/h4-5,9-10,15H,1-3,6-8H2;1H. The van der Waals surface area contributed by atoms with E-state index < -0.39 is 4.92 Å². The number of hydrogen-bond acceptors (Lipinski definition) is 6. The van der Waals surface area contributed by atoms with E-state index in [2.05, 4.69) is 10.3 Å². The van der Waals surface area contributed by atoms with Gasteiger partial charge in [-0.2, -0.15) is 0 Å². The van der Waals surface area contributed by atoms with E-state index in [0.717, 1.165) is 17.7 Å². The molecule has 1 unspecified atom stereocenters. The van der Waals surface area contributed by atoms with E-state index in [1.165, 1.54) is 42.7 Å². The van der Waals surface area contributed by atoms with Crippen LogP contribution in [0.4, 0.5) is 5.69 Å². The second-order valence-corrected chi connectivity index (χ2v) is 6.17. The topological polar surface area (TPSA) is 77.3 Å². The van der Waals surface area contributed by atoms with Crippen molar-refractivity contribution in [2.24, 2.45) is 0 Å². The minimum atomic E-state index is -0.409. The smallest absolute Gasteiger partial charge is 0.274 e. The summed E-state index contributed by atoms with van der Waals surface area (Å²) < 4.78 is 6.60. The van der Waals surface area contributed by atoms with Crippen molar-refractivity contribution in [3.8, 4) is 5.19 Å². The Labute approximate surface area is 138 Å². The van der Waals surface area contributed by atoms with Gasteiger partial charge in [0.1, 0.15) is 0 Å². The summed E-state index contributed by atoms with van der Waals surface area (Å²) in [5, 5.41) is 14.8. The quantitative estimate of drug-likeness (QED) is 0.663. The van der Waals surface area contributed by atoms with Gasteiger partial charge in [0.15, 0.2) is 0 Å². The Bertz CT molecular complexity index is 643. The first-order valence-electron chi connectivity index (χ1n) is 7.13. The maximum absolute atomic E-state index is 10.7. The van der Waals surface area contributed by atoms with Crippen molar-refractivity contribution in [2.45, 2.75) is 31.7 Å². The van der Waals surface area contributed by atoms with Crippen molar-refractivity contribution in [1.29, 1.82) is 0 Å². The third-order valence-electron chi connectivity index (χ3n) is 3.67. The molecule has 6 nitrogen and oxygen atoms in total. The number of thiazole rings is 1. The van der Waals surface area contributed by atoms with Gasteiger partial charge in [-0.3, -0.25) is 10.1 Å². The molecule has 22 heavy (non-hydrogen) atoms. The Morgan fingerprint density at radius 3 is 3.05 bits per heavy atom. The van der Waals surface area contributed by atoms with Crippen LogP contribution >= 0.6 is 23.7 Å². The first-order valence-corrected chi connectivity index (χ1v) is 7.95. The number of ether oxygens (including phenoxy) is 1. The summed E-state index contributed by atoms with van der Waals surface area (Å²) in [7, 11) is 0. The molecule has 2 aromatic rings. The Balaban J connectivity index is 0.00000176. The third kappa shape index (κ3) is 4.06. The number of halogens is 1. The molecule has 0 bridgehead atoms. The minimum absolute atomic E-state index is 0. The zero-order valence-corrected chi connectivity index (χ0v) is 13.6. The molecule has 0 saturated carbocycles. The van der Waals surface area contributed by atoms with E-state index in [4.69, 9.17) is 4.74 Å². The van der Waals surface area contributed by atoms with Crippen LogP contribution < -0.4 is 10.1 Å².